The van der Waals surface area contributed by atoms with E-state index in [1.807, 2.05) is 31.7 Å². The fraction of sp³-hybridized carbons (Fsp3) is 0.500. The minimum Gasteiger partial charge on any atom is -0.444 e. The van der Waals surface area contributed by atoms with Gasteiger partial charge in [-0.2, -0.15) is 0 Å². The molecule has 0 aliphatic carbocycles. The molecule has 8 nitrogen and oxygen atoms in total. The largest absolute Gasteiger partial charge is 0.444 e. The van der Waals surface area contributed by atoms with Gasteiger partial charge in [0.05, 0.1) is 16.3 Å². The number of carbonyl (C=O) groups excluding carboxylic acids is 2. The summed E-state index contributed by atoms with van der Waals surface area (Å²) in [5.41, 5.74) is 3.44. The number of hydrogen-bond acceptors (Lipinski definition) is 6. The van der Waals surface area contributed by atoms with Gasteiger partial charge in [0.25, 0.3) is 0 Å². The van der Waals surface area contributed by atoms with Crippen molar-refractivity contribution in [3.63, 3.8) is 0 Å². The van der Waals surface area contributed by atoms with E-state index in [0.717, 1.165) is 24.0 Å². The van der Waals surface area contributed by atoms with E-state index >= 15 is 0 Å². The topological polar surface area (TPSA) is 96.9 Å². The molecular formula is C30H36ClN3O5S. The summed E-state index contributed by atoms with van der Waals surface area (Å²) in [6.45, 7) is 7.93. The Balaban J connectivity index is 1.28. The Hall–Kier alpha value is -2.91. The summed E-state index contributed by atoms with van der Waals surface area (Å²) in [7, 11) is -3.60. The molecule has 1 aromatic carbocycles. The molecule has 0 N–H and O–H groups in total. The van der Waals surface area contributed by atoms with Crippen molar-refractivity contribution in [1.82, 2.24) is 14.8 Å². The molecule has 10 heteroatoms. The molecule has 0 radical (unpaired) electrons. The Morgan fingerprint density at radius 2 is 1.75 bits per heavy atom. The number of rotatable bonds is 2. The van der Waals surface area contributed by atoms with Crippen molar-refractivity contribution in [2.75, 3.05) is 26.2 Å². The van der Waals surface area contributed by atoms with Crippen LogP contribution in [0.1, 0.15) is 69.7 Å². The molecule has 0 bridgehead atoms. The molecule has 4 heterocycles. The van der Waals surface area contributed by atoms with E-state index < -0.39 is 15.4 Å². The normalized spacial score (nSPS) is 19.5. The highest BCUT2D eigenvalue weighted by Crippen LogP contribution is 2.41. The summed E-state index contributed by atoms with van der Waals surface area (Å²) in [6, 6.07) is 8.62. The van der Waals surface area contributed by atoms with E-state index in [-0.39, 0.29) is 28.6 Å². The van der Waals surface area contributed by atoms with E-state index in [4.69, 9.17) is 16.3 Å². The van der Waals surface area contributed by atoms with Crippen molar-refractivity contribution in [1.29, 1.82) is 0 Å². The molecule has 3 aliphatic heterocycles. The molecule has 2 aromatic rings. The third kappa shape index (κ3) is 6.20. The number of nitrogens with zero attached hydrogens (tertiary/aromatic N) is 3. The molecular weight excluding hydrogens is 550 g/mol. The lowest BCUT2D eigenvalue weighted by Gasteiger charge is -2.35. The SMILES string of the molecule is CC(C)(C)OC(=O)N1CCC(CC(=O)N2CCC(=C3c4ccc(Cl)cc4S(=O)(=O)Cc4cccnc43)CC2)CC1. The Morgan fingerprint density at radius 3 is 2.42 bits per heavy atom. The number of benzene rings is 1. The molecule has 0 saturated carbocycles. The number of carbonyl (C=O) groups is 2. The van der Waals surface area contributed by atoms with Crippen LogP contribution in [0.15, 0.2) is 47.0 Å². The van der Waals surface area contributed by atoms with E-state index in [0.29, 0.717) is 67.3 Å². The van der Waals surface area contributed by atoms with Crippen molar-refractivity contribution >= 4 is 39.0 Å². The lowest BCUT2D eigenvalue weighted by Crippen LogP contribution is -2.43. The van der Waals surface area contributed by atoms with Gasteiger partial charge in [0, 0.05) is 55.0 Å². The zero-order valence-electron chi connectivity index (χ0n) is 23.3. The molecule has 40 heavy (non-hydrogen) atoms. The van der Waals surface area contributed by atoms with Crippen LogP contribution < -0.4 is 0 Å². The van der Waals surface area contributed by atoms with E-state index in [1.54, 1.807) is 29.3 Å². The van der Waals surface area contributed by atoms with Crippen molar-refractivity contribution in [2.45, 2.75) is 69.1 Å². The predicted molar refractivity (Wildman–Crippen MR) is 154 cm³/mol. The number of sulfone groups is 1. The number of piperidine rings is 2. The first kappa shape index (κ1) is 28.6. The lowest BCUT2D eigenvalue weighted by atomic mass is 9.88. The van der Waals surface area contributed by atoms with E-state index in [9.17, 15) is 18.0 Å². The first-order chi connectivity index (χ1) is 18.9. The molecule has 2 amide bonds. The highest BCUT2D eigenvalue weighted by molar-refractivity contribution is 7.90. The van der Waals surface area contributed by atoms with Crippen LogP contribution in [0, 0.1) is 5.92 Å². The van der Waals surface area contributed by atoms with Gasteiger partial charge in [-0.3, -0.25) is 9.78 Å². The molecule has 0 atom stereocenters. The molecule has 2 fully saturated rings. The summed E-state index contributed by atoms with van der Waals surface area (Å²) in [6.07, 6.45) is 4.74. The summed E-state index contributed by atoms with van der Waals surface area (Å²) in [5.74, 6) is 0.247. The smallest absolute Gasteiger partial charge is 0.410 e. The van der Waals surface area contributed by atoms with Gasteiger partial charge in [-0.05, 0) is 76.1 Å². The number of hydrogen-bond donors (Lipinski definition) is 0. The molecule has 2 saturated heterocycles. The lowest BCUT2D eigenvalue weighted by molar-refractivity contribution is -0.133. The van der Waals surface area contributed by atoms with Gasteiger partial charge in [0.15, 0.2) is 9.84 Å². The third-order valence-corrected chi connectivity index (χ3v) is 9.76. The fourth-order valence-corrected chi connectivity index (χ4v) is 7.65. The Labute approximate surface area is 241 Å². The maximum Gasteiger partial charge on any atom is 0.410 e. The number of halogens is 1. The highest BCUT2D eigenvalue weighted by Gasteiger charge is 2.33. The summed E-state index contributed by atoms with van der Waals surface area (Å²) in [5, 5.41) is 0.378. The van der Waals surface area contributed by atoms with Gasteiger partial charge in [0.1, 0.15) is 5.60 Å². The molecule has 214 valence electrons. The van der Waals surface area contributed by atoms with Crippen LogP contribution in [0.25, 0.3) is 5.57 Å². The van der Waals surface area contributed by atoms with Gasteiger partial charge in [-0.25, -0.2) is 13.2 Å². The Morgan fingerprint density at radius 1 is 1.05 bits per heavy atom. The molecule has 3 aliphatic rings. The Bertz CT molecular complexity index is 1450. The highest BCUT2D eigenvalue weighted by atomic mass is 35.5. The molecule has 1 aromatic heterocycles. The average molecular weight is 586 g/mol. The monoisotopic (exact) mass is 585 g/mol. The number of fused-ring (bicyclic) bond motifs is 2. The maximum atomic E-state index is 13.3. The average Bonchev–Trinajstić information content (AvgIpc) is 2.99. The number of amides is 2. The molecule has 0 spiro atoms. The van der Waals surface area contributed by atoms with Gasteiger partial charge < -0.3 is 14.5 Å². The maximum absolute atomic E-state index is 13.3. The van der Waals surface area contributed by atoms with Crippen molar-refractivity contribution in [2.24, 2.45) is 5.92 Å². The summed E-state index contributed by atoms with van der Waals surface area (Å²) < 4.78 is 32.1. The summed E-state index contributed by atoms with van der Waals surface area (Å²) in [4.78, 5) is 34.1. The van der Waals surface area contributed by atoms with Gasteiger partial charge in [-0.15, -0.1) is 0 Å². The van der Waals surface area contributed by atoms with Crippen LogP contribution in [0.4, 0.5) is 4.79 Å². The fourth-order valence-electron chi connectivity index (χ4n) is 5.81. The number of likely N-dealkylation sites (tertiary alicyclic amines) is 2. The third-order valence-electron chi connectivity index (χ3n) is 7.82. The second-order valence-corrected chi connectivity index (χ2v) is 14.3. The van der Waals surface area contributed by atoms with Crippen LogP contribution in [0.5, 0.6) is 0 Å². The van der Waals surface area contributed by atoms with Gasteiger partial charge >= 0.3 is 6.09 Å². The van der Waals surface area contributed by atoms with E-state index in [1.165, 1.54) is 6.07 Å². The zero-order chi connectivity index (χ0) is 28.7. The van der Waals surface area contributed by atoms with Crippen LogP contribution in [0.3, 0.4) is 0 Å². The molecule has 5 rings (SSSR count). The number of pyridine rings is 1. The van der Waals surface area contributed by atoms with Crippen LogP contribution in [-0.4, -0.2) is 67.0 Å². The van der Waals surface area contributed by atoms with E-state index in [2.05, 4.69) is 4.98 Å². The number of ether oxygens (including phenoxy) is 1. The first-order valence-electron chi connectivity index (χ1n) is 13.9. The van der Waals surface area contributed by atoms with Gasteiger partial charge in [-0.1, -0.05) is 29.3 Å². The minimum atomic E-state index is -3.60. The minimum absolute atomic E-state index is 0.127. The van der Waals surface area contributed by atoms with Crippen LogP contribution in [-0.2, 0) is 25.1 Å². The Kier molecular flexibility index (Phi) is 7.99. The predicted octanol–water partition coefficient (Wildman–Crippen LogP) is 5.48. The number of aromatic nitrogens is 1. The van der Waals surface area contributed by atoms with Crippen molar-refractivity contribution < 1.29 is 22.7 Å². The second kappa shape index (κ2) is 11.2. The summed E-state index contributed by atoms with van der Waals surface area (Å²) >= 11 is 6.22. The van der Waals surface area contributed by atoms with Crippen molar-refractivity contribution in [3.8, 4) is 0 Å². The zero-order valence-corrected chi connectivity index (χ0v) is 24.9. The van der Waals surface area contributed by atoms with Crippen LogP contribution in [0.2, 0.25) is 5.02 Å². The quantitative estimate of drug-likeness (QED) is 0.463. The van der Waals surface area contributed by atoms with Crippen LogP contribution >= 0.6 is 11.6 Å². The van der Waals surface area contributed by atoms with Crippen molar-refractivity contribution in [3.05, 3.63) is 63.9 Å². The van der Waals surface area contributed by atoms with Gasteiger partial charge in [0.2, 0.25) is 5.91 Å². The molecule has 0 unspecified atom stereocenters. The first-order valence-corrected chi connectivity index (χ1v) is 15.9. The standard InChI is InChI=1S/C30H36ClN3O5S/c1-30(2,3)39-29(36)34-13-8-20(9-14-34)17-26(35)33-15-10-21(11-16-33)27-24-7-6-23(31)18-25(24)40(37,38)19-22-5-4-12-32-28(22)27/h4-7,12,18,20H,8-11,13-17,19H2,1-3H3. The second-order valence-electron chi connectivity index (χ2n) is 11.9.